The first-order valence-corrected chi connectivity index (χ1v) is 9.05. The van der Waals surface area contributed by atoms with Gasteiger partial charge in [-0.1, -0.05) is 30.4 Å². The van der Waals surface area contributed by atoms with E-state index in [1.165, 1.54) is 27.6 Å². The molecule has 0 aliphatic heterocycles. The van der Waals surface area contributed by atoms with E-state index in [1.54, 1.807) is 0 Å². The van der Waals surface area contributed by atoms with Crippen LogP contribution in [0.15, 0.2) is 73.4 Å². The van der Waals surface area contributed by atoms with Gasteiger partial charge in [0, 0.05) is 41.4 Å². The summed E-state index contributed by atoms with van der Waals surface area (Å²) in [5.41, 5.74) is 5.92. The average Bonchev–Trinajstić information content (AvgIpc) is 3.09. The molecular weight excluding hydrogens is 330 g/mol. The molecule has 0 fully saturated rings. The number of rotatable bonds is 4. The van der Waals surface area contributed by atoms with Crippen molar-refractivity contribution in [1.29, 1.82) is 0 Å². The van der Waals surface area contributed by atoms with Crippen LogP contribution in [0.4, 0.5) is 0 Å². The monoisotopic (exact) mass is 353 g/mol. The molecule has 132 valence electrons. The van der Waals surface area contributed by atoms with Gasteiger partial charge in [0.15, 0.2) is 24.8 Å². The van der Waals surface area contributed by atoms with Crippen LogP contribution in [0.3, 0.4) is 0 Å². The lowest BCUT2D eigenvalue weighted by Gasteiger charge is -1.97. The summed E-state index contributed by atoms with van der Waals surface area (Å²) in [6.45, 7) is 0. The highest BCUT2D eigenvalue weighted by molar-refractivity contribution is 5.93. The SMILES string of the molecule is C[n+]1ccc(C=Cc2ccc3[nH]cc(C=Cc4cc[n+](C)cc4)c3c2)cc1. The van der Waals surface area contributed by atoms with E-state index in [9.17, 15) is 0 Å². The maximum absolute atomic E-state index is 3.36. The van der Waals surface area contributed by atoms with Crippen LogP contribution in [0.1, 0.15) is 22.3 Å². The fourth-order valence-electron chi connectivity index (χ4n) is 3.03. The average molecular weight is 353 g/mol. The molecule has 0 radical (unpaired) electrons. The largest absolute Gasteiger partial charge is 0.361 e. The maximum atomic E-state index is 3.36. The molecule has 4 aromatic rings. The van der Waals surface area contributed by atoms with Crippen LogP contribution in [0, 0.1) is 0 Å². The van der Waals surface area contributed by atoms with Gasteiger partial charge in [0.05, 0.1) is 0 Å². The molecule has 0 saturated heterocycles. The third kappa shape index (κ3) is 4.04. The van der Waals surface area contributed by atoms with Gasteiger partial charge >= 0.3 is 0 Å². The van der Waals surface area contributed by atoms with Gasteiger partial charge in [-0.15, -0.1) is 0 Å². The Hall–Kier alpha value is -3.46. The molecule has 3 heteroatoms. The van der Waals surface area contributed by atoms with Crippen LogP contribution in [0.5, 0.6) is 0 Å². The van der Waals surface area contributed by atoms with Crippen molar-refractivity contribution < 1.29 is 9.13 Å². The summed E-state index contributed by atoms with van der Waals surface area (Å²) in [5.74, 6) is 0. The summed E-state index contributed by atoms with van der Waals surface area (Å²) >= 11 is 0. The number of nitrogens with zero attached hydrogens (tertiary/aromatic N) is 2. The molecule has 0 aliphatic rings. The predicted molar refractivity (Wildman–Crippen MR) is 111 cm³/mol. The first-order valence-electron chi connectivity index (χ1n) is 9.05. The molecule has 3 nitrogen and oxygen atoms in total. The van der Waals surface area contributed by atoms with Gasteiger partial charge < -0.3 is 4.98 Å². The Morgan fingerprint density at radius 2 is 1.22 bits per heavy atom. The van der Waals surface area contributed by atoms with Gasteiger partial charge in [-0.25, -0.2) is 9.13 Å². The number of H-pyrrole nitrogens is 1. The number of aromatic nitrogens is 3. The molecule has 0 aliphatic carbocycles. The van der Waals surface area contributed by atoms with Crippen LogP contribution in [-0.2, 0) is 14.1 Å². The van der Waals surface area contributed by atoms with Crippen LogP contribution < -0.4 is 9.13 Å². The highest BCUT2D eigenvalue weighted by atomic mass is 14.9. The minimum atomic E-state index is 1.15. The second-order valence-corrected chi connectivity index (χ2v) is 6.81. The Morgan fingerprint density at radius 3 is 1.85 bits per heavy atom. The summed E-state index contributed by atoms with van der Waals surface area (Å²) in [4.78, 5) is 3.36. The molecule has 0 atom stereocenters. The van der Waals surface area contributed by atoms with E-state index in [4.69, 9.17) is 0 Å². The van der Waals surface area contributed by atoms with Crippen molar-refractivity contribution >= 4 is 35.2 Å². The number of nitrogens with one attached hydrogen (secondary N) is 1. The molecule has 0 spiro atoms. The van der Waals surface area contributed by atoms with Gasteiger partial charge in [-0.3, -0.25) is 0 Å². The Morgan fingerprint density at radius 1 is 0.667 bits per heavy atom. The molecule has 3 heterocycles. The second kappa shape index (κ2) is 7.42. The van der Waals surface area contributed by atoms with Crippen LogP contribution >= 0.6 is 0 Å². The third-order valence-corrected chi connectivity index (χ3v) is 4.67. The lowest BCUT2D eigenvalue weighted by atomic mass is 10.1. The van der Waals surface area contributed by atoms with Gasteiger partial charge in [-0.05, 0) is 34.4 Å². The lowest BCUT2D eigenvalue weighted by Crippen LogP contribution is -2.25. The summed E-state index contributed by atoms with van der Waals surface area (Å²) in [7, 11) is 4.05. The number of pyridine rings is 2. The van der Waals surface area contributed by atoms with Gasteiger partial charge in [0.2, 0.25) is 0 Å². The van der Waals surface area contributed by atoms with Gasteiger partial charge in [-0.2, -0.15) is 0 Å². The molecule has 0 amide bonds. The smallest absolute Gasteiger partial charge is 0.169 e. The maximum Gasteiger partial charge on any atom is 0.169 e. The highest BCUT2D eigenvalue weighted by Gasteiger charge is 2.02. The van der Waals surface area contributed by atoms with Gasteiger partial charge in [0.1, 0.15) is 14.1 Å². The number of aryl methyl sites for hydroxylation is 2. The van der Waals surface area contributed by atoms with Crippen molar-refractivity contribution in [1.82, 2.24) is 4.98 Å². The van der Waals surface area contributed by atoms with Gasteiger partial charge in [0.25, 0.3) is 0 Å². The molecule has 0 saturated carbocycles. The molecule has 1 aromatic carbocycles. The van der Waals surface area contributed by atoms with Crippen molar-refractivity contribution in [2.24, 2.45) is 14.1 Å². The van der Waals surface area contributed by atoms with E-state index < -0.39 is 0 Å². The molecule has 27 heavy (non-hydrogen) atoms. The van der Waals surface area contributed by atoms with Crippen molar-refractivity contribution in [2.75, 3.05) is 0 Å². The van der Waals surface area contributed by atoms with E-state index >= 15 is 0 Å². The molecule has 4 rings (SSSR count). The summed E-state index contributed by atoms with van der Waals surface area (Å²) in [6.07, 6.45) is 18.9. The normalized spacial score (nSPS) is 11.8. The summed E-state index contributed by atoms with van der Waals surface area (Å²) < 4.78 is 4.07. The molecule has 3 aromatic heterocycles. The van der Waals surface area contributed by atoms with Crippen LogP contribution in [-0.4, -0.2) is 4.98 Å². The first-order chi connectivity index (χ1) is 13.2. The van der Waals surface area contributed by atoms with E-state index in [1.807, 2.05) is 23.2 Å². The fourth-order valence-corrected chi connectivity index (χ4v) is 3.03. The van der Waals surface area contributed by atoms with Crippen molar-refractivity contribution in [3.05, 3.63) is 95.7 Å². The molecule has 0 bridgehead atoms. The minimum absolute atomic E-state index is 1.15. The Balaban J connectivity index is 1.60. The number of fused-ring (bicyclic) bond motifs is 1. The number of aromatic amines is 1. The predicted octanol–water partition coefficient (Wildman–Crippen LogP) is 4.16. The first kappa shape index (κ1) is 17.0. The lowest BCUT2D eigenvalue weighted by molar-refractivity contribution is -0.671. The van der Waals surface area contributed by atoms with Crippen molar-refractivity contribution in [3.63, 3.8) is 0 Å². The number of hydrogen-bond donors (Lipinski definition) is 1. The van der Waals surface area contributed by atoms with Crippen molar-refractivity contribution in [3.8, 4) is 0 Å². The molecule has 0 unspecified atom stereocenters. The van der Waals surface area contributed by atoms with E-state index in [0.29, 0.717) is 0 Å². The zero-order chi connectivity index (χ0) is 18.6. The van der Waals surface area contributed by atoms with E-state index in [-0.39, 0.29) is 0 Å². The minimum Gasteiger partial charge on any atom is -0.361 e. The van der Waals surface area contributed by atoms with E-state index in [0.717, 1.165) is 5.52 Å². The Kier molecular flexibility index (Phi) is 4.67. The molecule has 1 N–H and O–H groups in total. The molecular formula is C24H23N3+2. The fraction of sp³-hybridized carbons (Fsp3) is 0.0833. The highest BCUT2D eigenvalue weighted by Crippen LogP contribution is 2.23. The number of benzene rings is 1. The summed E-state index contributed by atoms with van der Waals surface area (Å²) in [5, 5.41) is 1.23. The standard InChI is InChI=1S/C24H22N3/c1-26-13-9-19(10-14-26)3-4-21-6-8-24-23(17-21)22(18-25-24)7-5-20-11-15-27(2)16-12-20/h3-18H,1-2H3/q+1/p+1. The van der Waals surface area contributed by atoms with E-state index in [2.05, 4.69) is 103 Å². The zero-order valence-electron chi connectivity index (χ0n) is 15.6. The Labute approximate surface area is 159 Å². The summed E-state index contributed by atoms with van der Waals surface area (Å²) in [6, 6.07) is 15.0. The second-order valence-electron chi connectivity index (χ2n) is 6.81. The van der Waals surface area contributed by atoms with Crippen LogP contribution in [0.25, 0.3) is 35.2 Å². The Bertz CT molecular complexity index is 1110. The quantitative estimate of drug-likeness (QED) is 0.533. The zero-order valence-corrected chi connectivity index (χ0v) is 15.6. The van der Waals surface area contributed by atoms with Crippen molar-refractivity contribution in [2.45, 2.75) is 0 Å². The third-order valence-electron chi connectivity index (χ3n) is 4.67. The topological polar surface area (TPSA) is 23.5 Å². The number of hydrogen-bond acceptors (Lipinski definition) is 0. The van der Waals surface area contributed by atoms with Crippen LogP contribution in [0.2, 0.25) is 0 Å².